The Labute approximate surface area is 198 Å². The number of rotatable bonds is 5. The normalized spacial score (nSPS) is 14.9. The van der Waals surface area contributed by atoms with E-state index in [1.165, 1.54) is 9.21 Å². The average Bonchev–Trinajstić information content (AvgIpc) is 2.79. The van der Waals surface area contributed by atoms with E-state index in [0.29, 0.717) is 11.0 Å². The minimum atomic E-state index is -3.75. The molecule has 0 saturated carbocycles. The first kappa shape index (κ1) is 25.8. The van der Waals surface area contributed by atoms with Gasteiger partial charge < -0.3 is 10.2 Å². The van der Waals surface area contributed by atoms with E-state index in [2.05, 4.69) is 5.32 Å². The number of carbonyl (C=O) groups is 2. The zero-order valence-electron chi connectivity index (χ0n) is 20.0. The molecule has 10 heteroatoms. The van der Waals surface area contributed by atoms with Crippen molar-refractivity contribution in [3.05, 3.63) is 63.2 Å². The second-order valence-corrected chi connectivity index (χ2v) is 10.4. The lowest BCUT2D eigenvalue weighted by atomic mass is 9.95. The number of sulfonamides is 1. The Morgan fingerprint density at radius 3 is 1.94 bits per heavy atom. The minimum absolute atomic E-state index is 0.124. The lowest BCUT2D eigenvalue weighted by Crippen LogP contribution is -2.52. The number of nitrogens with one attached hydrogen (secondary N) is 1. The van der Waals surface area contributed by atoms with E-state index in [0.717, 1.165) is 39.9 Å². The molecule has 1 saturated heterocycles. The molecule has 34 heavy (non-hydrogen) atoms. The first-order valence-electron chi connectivity index (χ1n) is 10.9. The van der Waals surface area contributed by atoms with Gasteiger partial charge in [0.1, 0.15) is 11.6 Å². The van der Waals surface area contributed by atoms with Crippen molar-refractivity contribution in [1.29, 1.82) is 0 Å². The third-order valence-corrected chi connectivity index (χ3v) is 8.87. The molecule has 184 valence electrons. The van der Waals surface area contributed by atoms with Gasteiger partial charge in [0, 0.05) is 32.2 Å². The van der Waals surface area contributed by atoms with Gasteiger partial charge in [-0.05, 0) is 74.6 Å². The lowest BCUT2D eigenvalue weighted by molar-refractivity contribution is -0.131. The van der Waals surface area contributed by atoms with E-state index in [1.54, 1.807) is 0 Å². The second kappa shape index (κ2) is 9.79. The molecule has 0 spiro atoms. The molecule has 2 aromatic rings. The van der Waals surface area contributed by atoms with Crippen molar-refractivity contribution in [2.75, 3.05) is 32.7 Å². The van der Waals surface area contributed by atoms with Crippen molar-refractivity contribution in [3.8, 4) is 0 Å². The highest BCUT2D eigenvalue weighted by molar-refractivity contribution is 7.89. The fraction of sp³-hybridized carbons (Fsp3) is 0.417. The predicted octanol–water partition coefficient (Wildman–Crippen LogP) is 2.77. The van der Waals surface area contributed by atoms with Gasteiger partial charge >= 0.3 is 0 Å². The summed E-state index contributed by atoms with van der Waals surface area (Å²) >= 11 is 0. The van der Waals surface area contributed by atoms with Gasteiger partial charge in [-0.1, -0.05) is 0 Å². The average molecular weight is 494 g/mol. The van der Waals surface area contributed by atoms with E-state index in [9.17, 15) is 26.8 Å². The van der Waals surface area contributed by atoms with Gasteiger partial charge in [-0.25, -0.2) is 17.2 Å². The third kappa shape index (κ3) is 4.83. The van der Waals surface area contributed by atoms with Crippen molar-refractivity contribution in [1.82, 2.24) is 14.5 Å². The van der Waals surface area contributed by atoms with Crippen molar-refractivity contribution >= 4 is 21.8 Å². The van der Waals surface area contributed by atoms with Crippen molar-refractivity contribution in [3.63, 3.8) is 0 Å². The van der Waals surface area contributed by atoms with Crippen LogP contribution in [0.4, 0.5) is 8.78 Å². The molecule has 7 nitrogen and oxygen atoms in total. The van der Waals surface area contributed by atoms with E-state index in [-0.39, 0.29) is 38.3 Å². The number of benzene rings is 2. The highest BCUT2D eigenvalue weighted by atomic mass is 32.2. The van der Waals surface area contributed by atoms with E-state index in [1.807, 2.05) is 34.6 Å². The Bertz CT molecular complexity index is 1220. The van der Waals surface area contributed by atoms with Gasteiger partial charge in [-0.15, -0.1) is 0 Å². The molecule has 1 heterocycles. The molecule has 1 aliphatic heterocycles. The van der Waals surface area contributed by atoms with Crippen LogP contribution in [0.3, 0.4) is 0 Å². The SMILES string of the molecule is Cc1c(C)c(C)c(S(=O)(=O)N2CCN(C(=O)CNC(=O)c3ccc(F)cc3F)CC2)c(C)c1C. The standard InChI is InChI=1S/C24H29F2N3O4S/c1-14-15(2)17(4)23(18(5)16(14)3)34(32,33)29-10-8-28(9-11-29)22(30)13-27-24(31)20-7-6-19(25)12-21(20)26/h6-7,12H,8-11,13H2,1-5H3,(H,27,31). The van der Waals surface area contributed by atoms with Crippen molar-refractivity contribution < 1.29 is 26.8 Å². The van der Waals surface area contributed by atoms with Crippen molar-refractivity contribution in [2.45, 2.75) is 39.5 Å². The lowest BCUT2D eigenvalue weighted by Gasteiger charge is -2.35. The molecule has 1 N–H and O–H groups in total. The number of carbonyl (C=O) groups excluding carboxylic acids is 2. The minimum Gasteiger partial charge on any atom is -0.343 e. The quantitative estimate of drug-likeness (QED) is 0.694. The first-order chi connectivity index (χ1) is 15.9. The fourth-order valence-corrected chi connectivity index (χ4v) is 6.18. The fourth-order valence-electron chi connectivity index (χ4n) is 4.20. The molecule has 2 amide bonds. The molecule has 0 radical (unpaired) electrons. The molecule has 0 unspecified atom stereocenters. The van der Waals surface area contributed by atoms with Gasteiger partial charge in [-0.3, -0.25) is 9.59 Å². The number of amides is 2. The Hall–Kier alpha value is -2.85. The summed E-state index contributed by atoms with van der Waals surface area (Å²) in [7, 11) is -3.75. The van der Waals surface area contributed by atoms with Gasteiger partial charge in [0.2, 0.25) is 15.9 Å². The highest BCUT2D eigenvalue weighted by Crippen LogP contribution is 2.31. The summed E-state index contributed by atoms with van der Waals surface area (Å²) in [6, 6.07) is 2.56. The molecule has 1 aliphatic rings. The molecule has 0 atom stereocenters. The Balaban J connectivity index is 1.65. The maximum absolute atomic E-state index is 13.7. The molecule has 2 aromatic carbocycles. The number of halogens is 2. The van der Waals surface area contributed by atoms with Crippen LogP contribution >= 0.6 is 0 Å². The molecule has 0 aromatic heterocycles. The largest absolute Gasteiger partial charge is 0.343 e. The molecule has 3 rings (SSSR count). The second-order valence-electron chi connectivity index (χ2n) is 8.55. The van der Waals surface area contributed by atoms with Crippen LogP contribution < -0.4 is 5.32 Å². The zero-order valence-corrected chi connectivity index (χ0v) is 20.8. The maximum atomic E-state index is 13.7. The van der Waals surface area contributed by atoms with Gasteiger partial charge in [0.25, 0.3) is 5.91 Å². The highest BCUT2D eigenvalue weighted by Gasteiger charge is 2.33. The molecule has 0 bridgehead atoms. The summed E-state index contributed by atoms with van der Waals surface area (Å²) in [6.45, 7) is 9.64. The Morgan fingerprint density at radius 1 is 0.882 bits per heavy atom. The van der Waals surface area contributed by atoms with Crippen molar-refractivity contribution in [2.24, 2.45) is 0 Å². The summed E-state index contributed by atoms with van der Waals surface area (Å²) in [5.41, 5.74) is 4.07. The van der Waals surface area contributed by atoms with E-state index >= 15 is 0 Å². The van der Waals surface area contributed by atoms with Crippen LogP contribution in [0.5, 0.6) is 0 Å². The van der Waals surface area contributed by atoms with Crippen LogP contribution in [0.1, 0.15) is 38.2 Å². The van der Waals surface area contributed by atoms with E-state index in [4.69, 9.17) is 0 Å². The molecular formula is C24H29F2N3O4S. The van der Waals surface area contributed by atoms with Crippen LogP contribution in [-0.4, -0.2) is 62.2 Å². The van der Waals surface area contributed by atoms with Gasteiger partial charge in [-0.2, -0.15) is 4.31 Å². The van der Waals surface area contributed by atoms with Gasteiger partial charge in [0.15, 0.2) is 0 Å². The first-order valence-corrected chi connectivity index (χ1v) is 12.4. The summed E-state index contributed by atoms with van der Waals surface area (Å²) in [5.74, 6) is -3.07. The summed E-state index contributed by atoms with van der Waals surface area (Å²) in [5, 5.41) is 2.33. The van der Waals surface area contributed by atoms with Crippen LogP contribution in [0.25, 0.3) is 0 Å². The van der Waals surface area contributed by atoms with Gasteiger partial charge in [0.05, 0.1) is 17.0 Å². The monoisotopic (exact) mass is 493 g/mol. The number of nitrogens with zero attached hydrogens (tertiary/aromatic N) is 2. The predicted molar refractivity (Wildman–Crippen MR) is 124 cm³/mol. The van der Waals surface area contributed by atoms with Crippen LogP contribution in [0.2, 0.25) is 0 Å². The Kier molecular flexibility index (Phi) is 7.42. The number of hydrogen-bond donors (Lipinski definition) is 1. The topological polar surface area (TPSA) is 86.8 Å². The third-order valence-electron chi connectivity index (χ3n) is 6.70. The number of hydrogen-bond acceptors (Lipinski definition) is 4. The van der Waals surface area contributed by atoms with Crippen LogP contribution in [0.15, 0.2) is 23.1 Å². The molecule has 1 fully saturated rings. The summed E-state index contributed by atoms with van der Waals surface area (Å²) in [4.78, 5) is 26.4. The summed E-state index contributed by atoms with van der Waals surface area (Å²) < 4.78 is 55.0. The zero-order chi connectivity index (χ0) is 25.4. The van der Waals surface area contributed by atoms with Crippen LogP contribution in [-0.2, 0) is 14.8 Å². The molecular weight excluding hydrogens is 464 g/mol. The smallest absolute Gasteiger partial charge is 0.254 e. The molecule has 0 aliphatic carbocycles. The van der Waals surface area contributed by atoms with E-state index < -0.39 is 33.5 Å². The number of piperazine rings is 1. The maximum Gasteiger partial charge on any atom is 0.254 e. The van der Waals surface area contributed by atoms with Crippen LogP contribution in [0, 0.1) is 46.3 Å². The summed E-state index contributed by atoms with van der Waals surface area (Å²) in [6.07, 6.45) is 0. The Morgan fingerprint density at radius 2 is 1.41 bits per heavy atom.